The van der Waals surface area contributed by atoms with Gasteiger partial charge in [-0.15, -0.1) is 0 Å². The van der Waals surface area contributed by atoms with Gasteiger partial charge in [0.25, 0.3) is 5.91 Å². The van der Waals surface area contributed by atoms with Crippen LogP contribution < -0.4 is 10.1 Å². The Morgan fingerprint density at radius 3 is 2.53 bits per heavy atom. The first-order chi connectivity index (χ1) is 7.94. The molecule has 0 saturated carbocycles. The van der Waals surface area contributed by atoms with Crippen molar-refractivity contribution in [2.75, 3.05) is 41.3 Å². The highest BCUT2D eigenvalue weighted by molar-refractivity contribution is 5.96. The second-order valence-electron chi connectivity index (χ2n) is 4.97. The molecule has 1 amide bonds. The van der Waals surface area contributed by atoms with Crippen molar-refractivity contribution in [3.05, 3.63) is 29.8 Å². The minimum absolute atomic E-state index is 0.0871. The van der Waals surface area contributed by atoms with Crippen molar-refractivity contribution in [3.63, 3.8) is 0 Å². The summed E-state index contributed by atoms with van der Waals surface area (Å²) in [6, 6.07) is 7.23. The molecule has 1 aromatic carbocycles. The maximum atomic E-state index is 11.9. The topological polar surface area (TPSA) is 38.3 Å². The van der Waals surface area contributed by atoms with Gasteiger partial charge in [-0.1, -0.05) is 12.1 Å². The highest BCUT2D eigenvalue weighted by Gasteiger charge is 2.12. The predicted octanol–water partition coefficient (Wildman–Crippen LogP) is 1.13. The monoisotopic (exact) mass is 237 g/mol. The molecule has 0 radical (unpaired) electrons. The van der Waals surface area contributed by atoms with Crippen molar-refractivity contribution in [3.8, 4) is 5.75 Å². The summed E-state index contributed by atoms with van der Waals surface area (Å²) in [4.78, 5) is 11.9. The number of amides is 1. The summed E-state index contributed by atoms with van der Waals surface area (Å²) < 4.78 is 5.97. The summed E-state index contributed by atoms with van der Waals surface area (Å²) in [7, 11) is 7.85. The minimum Gasteiger partial charge on any atom is -0.496 e. The van der Waals surface area contributed by atoms with E-state index in [0.29, 0.717) is 17.9 Å². The largest absolute Gasteiger partial charge is 0.496 e. The normalized spacial score (nSPS) is 11.1. The molecule has 1 N–H and O–H groups in total. The molecule has 1 aromatic rings. The van der Waals surface area contributed by atoms with E-state index < -0.39 is 0 Å². The van der Waals surface area contributed by atoms with Gasteiger partial charge in [-0.2, -0.15) is 0 Å². The zero-order valence-corrected chi connectivity index (χ0v) is 11.0. The number of carbonyl (C=O) groups excluding carboxylic acids is 1. The van der Waals surface area contributed by atoms with Crippen molar-refractivity contribution in [2.24, 2.45) is 0 Å². The number of nitrogens with one attached hydrogen (secondary N) is 1. The number of benzene rings is 1. The number of ether oxygens (including phenoxy) is 1. The van der Waals surface area contributed by atoms with Gasteiger partial charge in [0.2, 0.25) is 0 Å². The summed E-state index contributed by atoms with van der Waals surface area (Å²) in [5.74, 6) is 0.520. The molecule has 0 saturated heterocycles. The number of quaternary nitrogens is 1. The second-order valence-corrected chi connectivity index (χ2v) is 4.97. The molecule has 0 atom stereocenters. The van der Waals surface area contributed by atoms with Gasteiger partial charge in [-0.3, -0.25) is 4.79 Å². The van der Waals surface area contributed by atoms with Gasteiger partial charge < -0.3 is 14.5 Å². The third-order valence-electron chi connectivity index (χ3n) is 2.42. The highest BCUT2D eigenvalue weighted by Crippen LogP contribution is 2.16. The van der Waals surface area contributed by atoms with Crippen LogP contribution in [0, 0.1) is 0 Å². The van der Waals surface area contributed by atoms with Gasteiger partial charge in [-0.05, 0) is 12.1 Å². The first-order valence-corrected chi connectivity index (χ1v) is 5.66. The Labute approximate surface area is 103 Å². The van der Waals surface area contributed by atoms with Crippen molar-refractivity contribution >= 4 is 5.91 Å². The molecule has 94 valence electrons. The molecular weight excluding hydrogens is 216 g/mol. The van der Waals surface area contributed by atoms with Gasteiger partial charge >= 0.3 is 0 Å². The number of hydrogen-bond donors (Lipinski definition) is 1. The van der Waals surface area contributed by atoms with Crippen LogP contribution in [0.5, 0.6) is 5.75 Å². The van der Waals surface area contributed by atoms with E-state index in [2.05, 4.69) is 26.5 Å². The first-order valence-electron chi connectivity index (χ1n) is 5.66. The molecule has 0 fully saturated rings. The number of carbonyl (C=O) groups is 1. The summed E-state index contributed by atoms with van der Waals surface area (Å²) in [5, 5.41) is 2.90. The molecule has 0 aliphatic rings. The quantitative estimate of drug-likeness (QED) is 0.780. The molecular formula is C13H21N2O2+. The Morgan fingerprint density at radius 1 is 1.29 bits per heavy atom. The number of nitrogens with zero attached hydrogens (tertiary/aromatic N) is 1. The van der Waals surface area contributed by atoms with Crippen LogP contribution in [0.3, 0.4) is 0 Å². The maximum Gasteiger partial charge on any atom is 0.255 e. The Morgan fingerprint density at radius 2 is 1.94 bits per heavy atom. The third kappa shape index (κ3) is 4.44. The minimum atomic E-state index is -0.0871. The first kappa shape index (κ1) is 13.5. The van der Waals surface area contributed by atoms with Crippen molar-refractivity contribution < 1.29 is 14.0 Å². The lowest BCUT2D eigenvalue weighted by Crippen LogP contribution is -2.41. The van der Waals surface area contributed by atoms with Gasteiger partial charge in [0.15, 0.2) is 0 Å². The predicted molar refractivity (Wildman–Crippen MR) is 68.2 cm³/mol. The number of likely N-dealkylation sites (N-methyl/N-ethyl adjacent to an activating group) is 1. The van der Waals surface area contributed by atoms with Crippen LogP contribution in [0.1, 0.15) is 10.4 Å². The number of hydrogen-bond acceptors (Lipinski definition) is 2. The fourth-order valence-electron chi connectivity index (χ4n) is 1.43. The Kier molecular flexibility index (Phi) is 4.52. The van der Waals surface area contributed by atoms with E-state index >= 15 is 0 Å². The van der Waals surface area contributed by atoms with E-state index in [0.717, 1.165) is 11.0 Å². The van der Waals surface area contributed by atoms with Gasteiger partial charge in [0.1, 0.15) is 5.75 Å². The van der Waals surface area contributed by atoms with Crippen molar-refractivity contribution in [1.29, 1.82) is 0 Å². The van der Waals surface area contributed by atoms with Crippen LogP contribution >= 0.6 is 0 Å². The van der Waals surface area contributed by atoms with Crippen LogP contribution in [0.25, 0.3) is 0 Å². The summed E-state index contributed by atoms with van der Waals surface area (Å²) >= 11 is 0. The molecule has 17 heavy (non-hydrogen) atoms. The van der Waals surface area contributed by atoms with Gasteiger partial charge in [0, 0.05) is 0 Å². The zero-order valence-electron chi connectivity index (χ0n) is 11.0. The maximum absolute atomic E-state index is 11.9. The molecule has 1 rings (SSSR count). The van der Waals surface area contributed by atoms with E-state index in [4.69, 9.17) is 4.74 Å². The average Bonchev–Trinajstić information content (AvgIpc) is 2.27. The van der Waals surface area contributed by atoms with Crippen LogP contribution in [-0.4, -0.2) is 51.7 Å². The lowest BCUT2D eigenvalue weighted by molar-refractivity contribution is -0.869. The van der Waals surface area contributed by atoms with E-state index in [1.54, 1.807) is 19.2 Å². The molecule has 4 nitrogen and oxygen atoms in total. The molecule has 0 aromatic heterocycles. The van der Waals surface area contributed by atoms with Crippen molar-refractivity contribution in [1.82, 2.24) is 5.32 Å². The van der Waals surface area contributed by atoms with E-state index in [9.17, 15) is 4.79 Å². The smallest absolute Gasteiger partial charge is 0.255 e. The van der Waals surface area contributed by atoms with Crippen LogP contribution in [0.4, 0.5) is 0 Å². The highest BCUT2D eigenvalue weighted by atomic mass is 16.5. The molecule has 0 bridgehead atoms. The standard InChI is InChI=1S/C13H20N2O2/c1-15(2,3)10-9-14-13(16)11-7-5-6-8-12(11)17-4/h5-8H,9-10H2,1-4H3/p+1. The van der Waals surface area contributed by atoms with E-state index in [1.807, 2.05) is 12.1 Å². The van der Waals surface area contributed by atoms with Crippen LogP contribution in [-0.2, 0) is 0 Å². The Bertz CT molecular complexity index is 383. The summed E-state index contributed by atoms with van der Waals surface area (Å²) in [6.45, 7) is 1.54. The zero-order chi connectivity index (χ0) is 12.9. The summed E-state index contributed by atoms with van der Waals surface area (Å²) in [5.41, 5.74) is 0.580. The molecule has 0 aliphatic heterocycles. The van der Waals surface area contributed by atoms with Crippen molar-refractivity contribution in [2.45, 2.75) is 0 Å². The average molecular weight is 237 g/mol. The molecule has 4 heteroatoms. The fraction of sp³-hybridized carbons (Fsp3) is 0.462. The number of rotatable bonds is 5. The lowest BCUT2D eigenvalue weighted by Gasteiger charge is -2.23. The Balaban J connectivity index is 2.58. The Hall–Kier alpha value is -1.55. The van der Waals surface area contributed by atoms with Crippen LogP contribution in [0.2, 0.25) is 0 Å². The van der Waals surface area contributed by atoms with E-state index in [-0.39, 0.29) is 5.91 Å². The van der Waals surface area contributed by atoms with E-state index in [1.165, 1.54) is 0 Å². The van der Waals surface area contributed by atoms with Gasteiger partial charge in [0.05, 0.1) is 46.9 Å². The second kappa shape index (κ2) is 5.68. The molecule has 0 unspecified atom stereocenters. The molecule has 0 heterocycles. The number of para-hydroxylation sites is 1. The number of methoxy groups -OCH3 is 1. The SMILES string of the molecule is COc1ccccc1C(=O)NCC[N+](C)(C)C. The molecule has 0 spiro atoms. The third-order valence-corrected chi connectivity index (χ3v) is 2.42. The van der Waals surface area contributed by atoms with Crippen LogP contribution in [0.15, 0.2) is 24.3 Å². The fourth-order valence-corrected chi connectivity index (χ4v) is 1.43. The van der Waals surface area contributed by atoms with Gasteiger partial charge in [-0.25, -0.2) is 0 Å². The lowest BCUT2D eigenvalue weighted by atomic mass is 10.2. The summed E-state index contributed by atoms with van der Waals surface area (Å²) in [6.07, 6.45) is 0. The molecule has 0 aliphatic carbocycles.